The normalized spacial score (nSPS) is 19.8. The molecule has 2 saturated heterocycles. The first kappa shape index (κ1) is 16.9. The molecule has 2 amide bonds. The molecule has 0 aliphatic carbocycles. The van der Waals surface area contributed by atoms with E-state index in [1.165, 1.54) is 6.92 Å². The Kier molecular flexibility index (Phi) is 5.16. The number of carbonyl (C=O) groups excluding carboxylic acids is 2. The second-order valence-corrected chi connectivity index (χ2v) is 6.59. The van der Waals surface area contributed by atoms with Gasteiger partial charge in [-0.1, -0.05) is 0 Å². The number of methoxy groups -OCH3 is 1. The molecule has 0 spiro atoms. The molecule has 0 bridgehead atoms. The zero-order chi connectivity index (χ0) is 17.1. The molecule has 130 valence electrons. The van der Waals surface area contributed by atoms with E-state index < -0.39 is 0 Å². The van der Waals surface area contributed by atoms with Gasteiger partial charge in [0, 0.05) is 57.5 Å². The van der Waals surface area contributed by atoms with Gasteiger partial charge < -0.3 is 15.0 Å². The molecular formula is C18H25N3O3. The summed E-state index contributed by atoms with van der Waals surface area (Å²) in [6.07, 6.45) is 2.54. The Morgan fingerprint density at radius 2 is 1.75 bits per heavy atom. The minimum atomic E-state index is -0.114. The van der Waals surface area contributed by atoms with E-state index in [-0.39, 0.29) is 11.8 Å². The van der Waals surface area contributed by atoms with Crippen molar-refractivity contribution in [2.45, 2.75) is 31.9 Å². The van der Waals surface area contributed by atoms with Gasteiger partial charge in [0.25, 0.3) is 5.91 Å². The number of piperidine rings is 1. The van der Waals surface area contributed by atoms with Gasteiger partial charge in [0.05, 0.1) is 6.10 Å². The van der Waals surface area contributed by atoms with E-state index in [0.29, 0.717) is 23.4 Å². The highest BCUT2D eigenvalue weighted by Crippen LogP contribution is 2.23. The van der Waals surface area contributed by atoms with Crippen LogP contribution in [-0.2, 0) is 9.53 Å². The number of nitrogens with one attached hydrogen (secondary N) is 1. The third-order valence-corrected chi connectivity index (χ3v) is 4.93. The molecule has 6 nitrogen and oxygen atoms in total. The number of nitrogens with zero attached hydrogens (tertiary/aromatic N) is 2. The number of ether oxygens (including phenoxy) is 1. The van der Waals surface area contributed by atoms with Crippen molar-refractivity contribution in [2.75, 3.05) is 38.6 Å². The van der Waals surface area contributed by atoms with Gasteiger partial charge in [-0.25, -0.2) is 0 Å². The first-order chi connectivity index (χ1) is 11.6. The molecule has 2 heterocycles. The van der Waals surface area contributed by atoms with Gasteiger partial charge in [-0.3, -0.25) is 14.5 Å². The Balaban J connectivity index is 1.49. The molecule has 0 unspecified atom stereocenters. The Hall–Kier alpha value is -1.92. The first-order valence-electron chi connectivity index (χ1n) is 8.50. The number of hydrogen-bond donors (Lipinski definition) is 1. The molecule has 1 N–H and O–H groups in total. The van der Waals surface area contributed by atoms with Crippen molar-refractivity contribution in [3.8, 4) is 0 Å². The third-order valence-electron chi connectivity index (χ3n) is 4.93. The van der Waals surface area contributed by atoms with E-state index in [0.717, 1.165) is 39.0 Å². The number of hydrogen-bond acceptors (Lipinski definition) is 4. The molecule has 2 aliphatic heterocycles. The number of amides is 2. The Labute approximate surface area is 142 Å². The maximum atomic E-state index is 12.5. The second-order valence-electron chi connectivity index (χ2n) is 6.59. The maximum absolute atomic E-state index is 12.5. The van der Waals surface area contributed by atoms with Crippen LogP contribution in [0.15, 0.2) is 24.3 Å². The Bertz CT molecular complexity index is 588. The van der Waals surface area contributed by atoms with Crippen LogP contribution < -0.4 is 5.32 Å². The predicted molar refractivity (Wildman–Crippen MR) is 92.0 cm³/mol. The number of anilines is 1. The van der Waals surface area contributed by atoms with Crippen molar-refractivity contribution in [1.82, 2.24) is 9.80 Å². The van der Waals surface area contributed by atoms with Crippen LogP contribution in [0.4, 0.5) is 5.69 Å². The van der Waals surface area contributed by atoms with E-state index in [4.69, 9.17) is 4.74 Å². The molecule has 2 aliphatic rings. The number of rotatable bonds is 4. The highest BCUT2D eigenvalue weighted by atomic mass is 16.5. The van der Waals surface area contributed by atoms with Crippen molar-refractivity contribution in [3.05, 3.63) is 29.8 Å². The summed E-state index contributed by atoms with van der Waals surface area (Å²) in [6, 6.07) is 7.55. The Morgan fingerprint density at radius 3 is 2.29 bits per heavy atom. The average molecular weight is 331 g/mol. The number of likely N-dealkylation sites (tertiary alicyclic amines) is 2. The van der Waals surface area contributed by atoms with E-state index in [2.05, 4.69) is 10.2 Å². The van der Waals surface area contributed by atoms with E-state index >= 15 is 0 Å². The van der Waals surface area contributed by atoms with Crippen LogP contribution in [0.25, 0.3) is 0 Å². The van der Waals surface area contributed by atoms with Crippen molar-refractivity contribution in [2.24, 2.45) is 0 Å². The Morgan fingerprint density at radius 1 is 1.12 bits per heavy atom. The van der Waals surface area contributed by atoms with Crippen LogP contribution >= 0.6 is 0 Å². The van der Waals surface area contributed by atoms with Gasteiger partial charge in [0.1, 0.15) is 0 Å². The van der Waals surface area contributed by atoms with E-state index in [1.807, 2.05) is 4.90 Å². The third kappa shape index (κ3) is 3.76. The van der Waals surface area contributed by atoms with Gasteiger partial charge >= 0.3 is 0 Å². The second kappa shape index (κ2) is 7.32. The molecule has 0 radical (unpaired) electrons. The zero-order valence-corrected chi connectivity index (χ0v) is 14.3. The summed E-state index contributed by atoms with van der Waals surface area (Å²) in [6.45, 7) is 5.16. The SMILES string of the molecule is COC1CCN(C2CN(C(=O)c3ccc(NC(C)=O)cc3)C2)CC1. The average Bonchev–Trinajstić information content (AvgIpc) is 2.54. The van der Waals surface area contributed by atoms with Crippen molar-refractivity contribution in [3.63, 3.8) is 0 Å². The first-order valence-corrected chi connectivity index (χ1v) is 8.50. The monoisotopic (exact) mass is 331 g/mol. The summed E-state index contributed by atoms with van der Waals surface area (Å²) >= 11 is 0. The summed E-state index contributed by atoms with van der Waals surface area (Å²) in [5, 5.41) is 2.71. The van der Waals surface area contributed by atoms with Crippen LogP contribution in [-0.4, -0.2) is 67.0 Å². The van der Waals surface area contributed by atoms with Gasteiger partial charge in [-0.05, 0) is 37.1 Å². The fourth-order valence-electron chi connectivity index (χ4n) is 3.41. The van der Waals surface area contributed by atoms with Crippen molar-refractivity contribution < 1.29 is 14.3 Å². The van der Waals surface area contributed by atoms with E-state index in [1.54, 1.807) is 31.4 Å². The van der Waals surface area contributed by atoms with Gasteiger partial charge in [0.15, 0.2) is 0 Å². The molecule has 0 aromatic heterocycles. The van der Waals surface area contributed by atoms with Crippen LogP contribution in [0.1, 0.15) is 30.1 Å². The summed E-state index contributed by atoms with van der Waals surface area (Å²) in [4.78, 5) is 27.9. The smallest absolute Gasteiger partial charge is 0.253 e. The number of benzene rings is 1. The molecule has 6 heteroatoms. The van der Waals surface area contributed by atoms with Gasteiger partial charge in [-0.15, -0.1) is 0 Å². The largest absolute Gasteiger partial charge is 0.381 e. The standard InChI is InChI=1S/C18H25N3O3/c1-13(22)19-15-5-3-14(4-6-15)18(23)21-11-16(12-21)20-9-7-17(24-2)8-10-20/h3-6,16-17H,7-12H2,1-2H3,(H,19,22). The fourth-order valence-corrected chi connectivity index (χ4v) is 3.41. The quantitative estimate of drug-likeness (QED) is 0.910. The molecule has 2 fully saturated rings. The lowest BCUT2D eigenvalue weighted by atomic mass is 10.00. The zero-order valence-electron chi connectivity index (χ0n) is 14.3. The van der Waals surface area contributed by atoms with Crippen LogP contribution in [0.3, 0.4) is 0 Å². The van der Waals surface area contributed by atoms with Gasteiger partial charge in [0.2, 0.25) is 5.91 Å². The predicted octanol–water partition coefficient (Wildman–Crippen LogP) is 1.58. The van der Waals surface area contributed by atoms with Crippen LogP contribution in [0, 0.1) is 0 Å². The molecule has 24 heavy (non-hydrogen) atoms. The van der Waals surface area contributed by atoms with Crippen LogP contribution in [0.5, 0.6) is 0 Å². The molecule has 0 saturated carbocycles. The van der Waals surface area contributed by atoms with Crippen molar-refractivity contribution >= 4 is 17.5 Å². The lowest BCUT2D eigenvalue weighted by Gasteiger charge is -2.47. The lowest BCUT2D eigenvalue weighted by Crippen LogP contribution is -2.62. The van der Waals surface area contributed by atoms with Crippen LogP contribution in [0.2, 0.25) is 0 Å². The molecule has 3 rings (SSSR count). The summed E-state index contributed by atoms with van der Waals surface area (Å²) in [5.74, 6) is -0.0516. The summed E-state index contributed by atoms with van der Waals surface area (Å²) in [7, 11) is 1.78. The summed E-state index contributed by atoms with van der Waals surface area (Å²) < 4.78 is 5.40. The van der Waals surface area contributed by atoms with E-state index in [9.17, 15) is 9.59 Å². The highest BCUT2D eigenvalue weighted by molar-refractivity contribution is 5.96. The topological polar surface area (TPSA) is 61.9 Å². The summed E-state index contributed by atoms with van der Waals surface area (Å²) in [5.41, 5.74) is 1.38. The lowest BCUT2D eigenvalue weighted by molar-refractivity contribution is -0.114. The molecular weight excluding hydrogens is 306 g/mol. The minimum absolute atomic E-state index is 0.0624. The molecule has 1 aromatic rings. The molecule has 1 aromatic carbocycles. The highest BCUT2D eigenvalue weighted by Gasteiger charge is 2.36. The minimum Gasteiger partial charge on any atom is -0.381 e. The van der Waals surface area contributed by atoms with Crippen molar-refractivity contribution in [1.29, 1.82) is 0 Å². The maximum Gasteiger partial charge on any atom is 0.253 e. The molecule has 0 atom stereocenters. The number of carbonyl (C=O) groups is 2. The fraction of sp³-hybridized carbons (Fsp3) is 0.556. The van der Waals surface area contributed by atoms with Gasteiger partial charge in [-0.2, -0.15) is 0 Å².